The van der Waals surface area contributed by atoms with Crippen LogP contribution in [-0.4, -0.2) is 6.71 Å². The molecule has 0 aromatic heterocycles. The summed E-state index contributed by atoms with van der Waals surface area (Å²) in [7, 11) is 0. The quantitative estimate of drug-likeness (QED) is 0.140. The largest absolute Gasteiger partial charge is 0.311 e. The second kappa shape index (κ2) is 19.5. The van der Waals surface area contributed by atoms with E-state index in [2.05, 4.69) is 338 Å². The lowest BCUT2D eigenvalue weighted by Crippen LogP contribution is -2.61. The van der Waals surface area contributed by atoms with Gasteiger partial charge in [0.15, 0.2) is 0 Å². The Bertz CT molecular complexity index is 4220. The maximum absolute atomic E-state index is 2.65. The molecule has 0 radical (unpaired) electrons. The Morgan fingerprint density at radius 3 is 1.48 bits per heavy atom. The van der Waals surface area contributed by atoms with Crippen molar-refractivity contribution < 1.29 is 0 Å². The first-order valence-corrected chi connectivity index (χ1v) is 29.6. The number of nitrogens with zero attached hydrogens (tertiary/aromatic N) is 3. The van der Waals surface area contributed by atoms with E-state index in [9.17, 15) is 0 Å². The van der Waals surface area contributed by atoms with Crippen molar-refractivity contribution in [1.29, 1.82) is 0 Å². The minimum absolute atomic E-state index is 0.00890. The smallest absolute Gasteiger partial charge is 0.252 e. The van der Waals surface area contributed by atoms with E-state index in [-0.39, 0.29) is 23.0 Å². The molecule has 0 spiro atoms. The maximum atomic E-state index is 2.65. The van der Waals surface area contributed by atoms with Gasteiger partial charge in [-0.1, -0.05) is 250 Å². The Labute approximate surface area is 492 Å². The molecule has 3 aliphatic rings. The molecule has 11 aromatic carbocycles. The van der Waals surface area contributed by atoms with E-state index < -0.39 is 5.41 Å². The summed E-state index contributed by atoms with van der Waals surface area (Å²) in [4.78, 5) is 7.71. The Kier molecular flexibility index (Phi) is 12.2. The van der Waals surface area contributed by atoms with E-state index in [4.69, 9.17) is 0 Å². The van der Waals surface area contributed by atoms with E-state index in [1.54, 1.807) is 0 Å². The highest BCUT2D eigenvalue weighted by atomic mass is 15.2. The number of fused-ring (bicyclic) bond motifs is 7. The molecule has 0 amide bonds. The predicted octanol–water partition coefficient (Wildman–Crippen LogP) is 19.2. The van der Waals surface area contributed by atoms with E-state index in [0.717, 1.165) is 34.1 Å². The Balaban J connectivity index is 1.10. The molecule has 0 fully saturated rings. The summed E-state index contributed by atoms with van der Waals surface area (Å²) in [5, 5.41) is 0. The van der Waals surface area contributed by atoms with Crippen LogP contribution in [0.1, 0.15) is 101 Å². The monoisotopic (exact) mass is 1070 g/mol. The van der Waals surface area contributed by atoms with Gasteiger partial charge in [-0.2, -0.15) is 0 Å². The van der Waals surface area contributed by atoms with Gasteiger partial charge in [-0.25, -0.2) is 0 Å². The van der Waals surface area contributed by atoms with Crippen LogP contribution < -0.4 is 31.1 Å². The number of anilines is 9. The SMILES string of the molecule is CC(C)(C)c1ccc(N2c3ccc(C(C)(C)C)cc3B3c4ccc(N(c5ccccc5)c5ccccc5-c5ccccc5)cc4N(c4ccc5c(c4)C(c4ccccc4)(c4ccccc4)c4ccccc4-5)c4cc(C(C)(C)C)cc2c43)cc1. The molecule has 0 N–H and O–H groups in total. The highest BCUT2D eigenvalue weighted by Crippen LogP contribution is 2.58. The zero-order chi connectivity index (χ0) is 57.0. The van der Waals surface area contributed by atoms with Crippen molar-refractivity contribution >= 4 is 74.3 Å². The molecule has 0 bridgehead atoms. The van der Waals surface area contributed by atoms with E-state index in [1.807, 2.05) is 0 Å². The predicted molar refractivity (Wildman–Crippen MR) is 354 cm³/mol. The molecular formula is C79H70BN3. The molecular weight excluding hydrogens is 1000 g/mol. The maximum Gasteiger partial charge on any atom is 0.252 e. The first-order chi connectivity index (χ1) is 40.1. The van der Waals surface area contributed by atoms with Gasteiger partial charge in [0.1, 0.15) is 0 Å². The molecule has 0 saturated carbocycles. The fraction of sp³-hybridized carbons (Fsp3) is 0.165. The molecule has 0 saturated heterocycles. The third-order valence-corrected chi connectivity index (χ3v) is 18.0. The molecule has 3 nitrogen and oxygen atoms in total. The zero-order valence-electron chi connectivity index (χ0n) is 49.2. The number of hydrogen-bond acceptors (Lipinski definition) is 3. The molecule has 11 aromatic rings. The van der Waals surface area contributed by atoms with Crippen LogP contribution in [0.4, 0.5) is 51.2 Å². The van der Waals surface area contributed by atoms with E-state index >= 15 is 0 Å². The summed E-state index contributed by atoms with van der Waals surface area (Å²) in [5.41, 5.74) is 27.2. The van der Waals surface area contributed by atoms with Gasteiger partial charge < -0.3 is 14.7 Å². The highest BCUT2D eigenvalue weighted by molar-refractivity contribution is 7.00. The average molecular weight is 1070 g/mol. The summed E-state index contributed by atoms with van der Waals surface area (Å²) in [6.07, 6.45) is 0. The van der Waals surface area contributed by atoms with Gasteiger partial charge in [-0.15, -0.1) is 0 Å². The lowest BCUT2D eigenvalue weighted by Gasteiger charge is -2.46. The third kappa shape index (κ3) is 8.47. The lowest BCUT2D eigenvalue weighted by atomic mass is 9.33. The van der Waals surface area contributed by atoms with Crippen molar-refractivity contribution in [3.8, 4) is 22.3 Å². The van der Waals surface area contributed by atoms with E-state index in [1.165, 1.54) is 94.6 Å². The summed E-state index contributed by atoms with van der Waals surface area (Å²) in [6.45, 7) is 21.0. The van der Waals surface area contributed by atoms with Crippen molar-refractivity contribution in [3.05, 3.63) is 300 Å². The molecule has 2 heterocycles. The second-order valence-electron chi connectivity index (χ2n) is 26.2. The Morgan fingerprint density at radius 1 is 0.337 bits per heavy atom. The van der Waals surface area contributed by atoms with Crippen LogP contribution in [-0.2, 0) is 21.7 Å². The normalized spacial score (nSPS) is 13.9. The molecule has 1 aliphatic carbocycles. The first-order valence-electron chi connectivity index (χ1n) is 29.6. The Morgan fingerprint density at radius 2 is 0.855 bits per heavy atom. The molecule has 14 rings (SSSR count). The molecule has 404 valence electrons. The minimum Gasteiger partial charge on any atom is -0.311 e. The van der Waals surface area contributed by atoms with Gasteiger partial charge in [0, 0.05) is 51.1 Å². The number of rotatable bonds is 8. The fourth-order valence-corrected chi connectivity index (χ4v) is 13.8. The number of para-hydroxylation sites is 2. The standard InChI is InChI=1S/C79H70BN3/c1-76(2,3)54-38-41-60(42-39-54)82-71-47-40-57(77(4,5)6)48-69(71)80-68-46-44-62(81(59-32-20-13-21-33-59)70-37-25-23-34-63(70)53-26-14-10-15-27-53)52-72(68)83(74-50-58(78(7,8)9)49-73(82)75(74)80)61-43-45-65-64-35-22-24-36-66(64)79(67(65)51-61,55-28-16-11-17-29-55)56-30-18-12-19-31-56/h10-52H,1-9H3. The van der Waals surface area contributed by atoms with Crippen LogP contribution in [0.15, 0.2) is 261 Å². The summed E-state index contributed by atoms with van der Waals surface area (Å²) < 4.78 is 0. The molecule has 0 atom stereocenters. The van der Waals surface area contributed by atoms with Crippen LogP contribution in [0.3, 0.4) is 0 Å². The van der Waals surface area contributed by atoms with Crippen LogP contribution in [0.25, 0.3) is 22.3 Å². The van der Waals surface area contributed by atoms with Crippen molar-refractivity contribution in [1.82, 2.24) is 0 Å². The third-order valence-electron chi connectivity index (χ3n) is 18.0. The van der Waals surface area contributed by atoms with Crippen LogP contribution in [0.2, 0.25) is 0 Å². The molecule has 4 heteroatoms. The summed E-state index contributed by atoms with van der Waals surface area (Å²) >= 11 is 0. The first kappa shape index (κ1) is 52.0. The van der Waals surface area contributed by atoms with Gasteiger partial charge in [-0.05, 0) is 161 Å². The van der Waals surface area contributed by atoms with Gasteiger partial charge in [0.2, 0.25) is 0 Å². The van der Waals surface area contributed by atoms with Gasteiger partial charge in [0.05, 0.1) is 11.1 Å². The fourth-order valence-electron chi connectivity index (χ4n) is 13.8. The van der Waals surface area contributed by atoms with E-state index in [0.29, 0.717) is 0 Å². The molecule has 0 unspecified atom stereocenters. The minimum atomic E-state index is -0.594. The Hall–Kier alpha value is -9.12. The summed E-state index contributed by atoms with van der Waals surface area (Å²) in [6, 6.07) is 98.8. The zero-order valence-corrected chi connectivity index (χ0v) is 49.2. The summed E-state index contributed by atoms with van der Waals surface area (Å²) in [5.74, 6) is 0. The number of benzene rings is 11. The van der Waals surface area contributed by atoms with Gasteiger partial charge in [-0.3, -0.25) is 0 Å². The topological polar surface area (TPSA) is 9.72 Å². The van der Waals surface area contributed by atoms with Gasteiger partial charge >= 0.3 is 0 Å². The molecule has 83 heavy (non-hydrogen) atoms. The van der Waals surface area contributed by atoms with Crippen LogP contribution in [0.5, 0.6) is 0 Å². The van der Waals surface area contributed by atoms with Crippen LogP contribution >= 0.6 is 0 Å². The second-order valence-corrected chi connectivity index (χ2v) is 26.2. The lowest BCUT2D eigenvalue weighted by molar-refractivity contribution is 0.589. The molecule has 2 aliphatic heterocycles. The van der Waals surface area contributed by atoms with Gasteiger partial charge in [0.25, 0.3) is 6.71 Å². The van der Waals surface area contributed by atoms with Crippen molar-refractivity contribution in [2.24, 2.45) is 0 Å². The van der Waals surface area contributed by atoms with Crippen molar-refractivity contribution in [2.45, 2.75) is 84.0 Å². The van der Waals surface area contributed by atoms with Crippen molar-refractivity contribution in [3.63, 3.8) is 0 Å². The average Bonchev–Trinajstić information content (AvgIpc) is 1.99. The highest BCUT2D eigenvalue weighted by Gasteiger charge is 2.48. The van der Waals surface area contributed by atoms with Crippen LogP contribution in [0, 0.1) is 0 Å². The van der Waals surface area contributed by atoms with Crippen molar-refractivity contribution in [2.75, 3.05) is 14.7 Å². The number of hydrogen-bond donors (Lipinski definition) is 0.